The number of hydrogen-bond donors (Lipinski definition) is 0. The Labute approximate surface area is 300 Å². The molecule has 0 N–H and O–H groups in total. The molecule has 0 bridgehead atoms. The summed E-state index contributed by atoms with van der Waals surface area (Å²) in [5.74, 6) is 6.12. The summed E-state index contributed by atoms with van der Waals surface area (Å²) in [7, 11) is -2.83. The topological polar surface area (TPSA) is 74.8 Å². The zero-order valence-electron chi connectivity index (χ0n) is 28.5. The van der Waals surface area contributed by atoms with Gasteiger partial charge >= 0.3 is 0 Å². The predicted octanol–water partition coefficient (Wildman–Crippen LogP) is 8.99. The summed E-state index contributed by atoms with van der Waals surface area (Å²) in [6, 6.07) is 5.24. The van der Waals surface area contributed by atoms with Crippen molar-refractivity contribution in [3.63, 3.8) is 0 Å². The van der Waals surface area contributed by atoms with Crippen molar-refractivity contribution in [2.75, 3.05) is 36.1 Å². The molecule has 2 aromatic heterocycles. The number of sulfone groups is 1. The summed E-state index contributed by atoms with van der Waals surface area (Å²) in [5.41, 5.74) is 1.79. The van der Waals surface area contributed by atoms with Crippen molar-refractivity contribution in [2.45, 2.75) is 127 Å². The minimum atomic E-state index is -2.83. The molecule has 6 heterocycles. The molecule has 10 heteroatoms. The van der Waals surface area contributed by atoms with E-state index in [1.807, 2.05) is 22.8 Å². The van der Waals surface area contributed by atoms with Crippen molar-refractivity contribution in [3.05, 3.63) is 43.8 Å². The molecule has 264 valence electrons. The van der Waals surface area contributed by atoms with Crippen LogP contribution in [-0.2, 0) is 9.84 Å². The zero-order valence-corrected chi connectivity index (χ0v) is 31.8. The van der Waals surface area contributed by atoms with Gasteiger partial charge in [-0.3, -0.25) is 9.59 Å². The van der Waals surface area contributed by atoms with Gasteiger partial charge in [0.25, 0.3) is 11.8 Å². The number of carbonyl (C=O) groups is 2. The van der Waals surface area contributed by atoms with Gasteiger partial charge in [-0.25, -0.2) is 8.42 Å². The van der Waals surface area contributed by atoms with E-state index < -0.39 is 9.84 Å². The second kappa shape index (κ2) is 15.9. The molecule has 0 aromatic carbocycles. The Bertz CT molecular complexity index is 1490. The third-order valence-corrected chi connectivity index (χ3v) is 17.3. The van der Waals surface area contributed by atoms with E-state index in [0.29, 0.717) is 48.6 Å². The van der Waals surface area contributed by atoms with Gasteiger partial charge in [0.1, 0.15) is 9.84 Å². The summed E-state index contributed by atoms with van der Waals surface area (Å²) in [6.45, 7) is 1.87. The van der Waals surface area contributed by atoms with Gasteiger partial charge in [0.2, 0.25) is 0 Å². The lowest BCUT2D eigenvalue weighted by molar-refractivity contribution is 0.0386. The number of rotatable bonds is 4. The minimum absolute atomic E-state index is 0.197. The van der Waals surface area contributed by atoms with Crippen LogP contribution in [0.15, 0.2) is 22.9 Å². The first-order chi connectivity index (χ1) is 23.4. The highest BCUT2D eigenvalue weighted by Crippen LogP contribution is 2.40. The van der Waals surface area contributed by atoms with E-state index in [2.05, 4.69) is 33.0 Å². The molecule has 2 amide bonds. The lowest BCUT2D eigenvalue weighted by Crippen LogP contribution is -2.49. The summed E-state index contributed by atoms with van der Waals surface area (Å²) < 4.78 is 23.2. The van der Waals surface area contributed by atoms with Crippen LogP contribution in [0.4, 0.5) is 0 Å². The lowest BCUT2D eigenvalue weighted by Gasteiger charge is -2.44. The monoisotopic (exact) mass is 730 g/mol. The van der Waals surface area contributed by atoms with Crippen LogP contribution in [0.25, 0.3) is 0 Å². The summed E-state index contributed by atoms with van der Waals surface area (Å²) in [4.78, 5) is 33.2. The van der Waals surface area contributed by atoms with E-state index in [1.54, 1.807) is 11.3 Å². The highest BCUT2D eigenvalue weighted by Gasteiger charge is 2.38. The van der Waals surface area contributed by atoms with Crippen LogP contribution in [0.1, 0.15) is 145 Å². The van der Waals surface area contributed by atoms with Crippen molar-refractivity contribution in [1.29, 1.82) is 0 Å². The first kappa shape index (κ1) is 35.1. The van der Waals surface area contributed by atoms with Crippen LogP contribution in [-0.4, -0.2) is 78.2 Å². The molecule has 4 saturated heterocycles. The zero-order chi connectivity index (χ0) is 33.1. The molecule has 4 atom stereocenters. The Morgan fingerprint density at radius 1 is 0.583 bits per heavy atom. The maximum absolute atomic E-state index is 13.1. The molecule has 2 aliphatic carbocycles. The maximum Gasteiger partial charge on any atom is 0.254 e. The fraction of sp³-hybridized carbons (Fsp3) is 0.737. The predicted molar refractivity (Wildman–Crippen MR) is 201 cm³/mol. The normalized spacial score (nSPS) is 29.7. The summed E-state index contributed by atoms with van der Waals surface area (Å²) >= 11 is 5.53. The first-order valence-electron chi connectivity index (χ1n) is 18.9. The number of thioether (sulfide) groups is 1. The van der Waals surface area contributed by atoms with E-state index in [1.165, 1.54) is 98.3 Å². The number of likely N-dealkylation sites (tertiary alicyclic amines) is 2. The largest absolute Gasteiger partial charge is 0.335 e. The van der Waals surface area contributed by atoms with E-state index >= 15 is 0 Å². The van der Waals surface area contributed by atoms with E-state index in [0.717, 1.165) is 43.0 Å². The third-order valence-electron chi connectivity index (χ3n) is 12.3. The molecule has 0 spiro atoms. The van der Waals surface area contributed by atoms with Gasteiger partial charge < -0.3 is 9.80 Å². The molecular weight excluding hydrogens is 677 g/mol. The lowest BCUT2D eigenvalue weighted by atomic mass is 9.78. The van der Waals surface area contributed by atoms with Gasteiger partial charge in [-0.1, -0.05) is 25.7 Å². The summed E-state index contributed by atoms with van der Waals surface area (Å²) in [5, 5.41) is 4.12. The molecule has 0 radical (unpaired) electrons. The fourth-order valence-electron chi connectivity index (χ4n) is 9.60. The van der Waals surface area contributed by atoms with Crippen LogP contribution in [0.2, 0.25) is 0 Å². The van der Waals surface area contributed by atoms with Gasteiger partial charge in [-0.2, -0.15) is 11.8 Å². The molecule has 2 saturated carbocycles. The van der Waals surface area contributed by atoms with Gasteiger partial charge in [0.15, 0.2) is 0 Å². The Morgan fingerprint density at radius 3 is 1.52 bits per heavy atom. The molecule has 2 aromatic rings. The molecule has 6 nitrogen and oxygen atoms in total. The van der Waals surface area contributed by atoms with Crippen LogP contribution in [0.5, 0.6) is 0 Å². The van der Waals surface area contributed by atoms with E-state index in [9.17, 15) is 18.0 Å². The molecule has 6 aliphatic rings. The van der Waals surface area contributed by atoms with Crippen molar-refractivity contribution >= 4 is 56.1 Å². The number of amides is 2. The third kappa shape index (κ3) is 8.07. The van der Waals surface area contributed by atoms with Gasteiger partial charge in [0, 0.05) is 45.7 Å². The fourth-order valence-corrected chi connectivity index (χ4v) is 14.3. The standard InChI is InChI=1S/C19H27NO3S2.C19H27NOS2/c21-19(20-9-3-5-14-4-1-2-6-17(14)20)16-12-18(24-13-16)15-7-10-25(22,23)11-8-15;21-19(20-9-3-5-14-4-1-2-6-17(14)20)16-12-18(23-13-16)15-7-10-22-11-8-15/h12-15,17H,1-11H2;12-15,17H,1-11H2. The number of carbonyl (C=O) groups excluding carboxylic acids is 2. The van der Waals surface area contributed by atoms with Crippen molar-refractivity contribution in [2.24, 2.45) is 11.8 Å². The average molecular weight is 731 g/mol. The summed E-state index contributed by atoms with van der Waals surface area (Å²) in [6.07, 6.45) is 19.1. The molecule has 48 heavy (non-hydrogen) atoms. The molecule has 4 unspecified atom stereocenters. The van der Waals surface area contributed by atoms with Crippen molar-refractivity contribution in [1.82, 2.24) is 9.80 Å². The second-order valence-corrected chi connectivity index (χ2v) is 20.7. The number of fused-ring (bicyclic) bond motifs is 2. The average Bonchev–Trinajstić information content (AvgIpc) is 3.83. The first-order valence-corrected chi connectivity index (χ1v) is 23.7. The minimum Gasteiger partial charge on any atom is -0.335 e. The number of hydrogen-bond acceptors (Lipinski definition) is 7. The van der Waals surface area contributed by atoms with Gasteiger partial charge in [-0.15, -0.1) is 22.7 Å². The van der Waals surface area contributed by atoms with Gasteiger partial charge in [-0.05, 0) is 124 Å². The number of piperidine rings is 2. The SMILES string of the molecule is O=C(c1csc(C2CCS(=O)(=O)CC2)c1)N1CCCC2CCCCC21.O=C(c1csc(C2CCSCC2)c1)N1CCCC2CCCCC21. The molecule has 4 aliphatic heterocycles. The highest BCUT2D eigenvalue weighted by molar-refractivity contribution is 7.99. The van der Waals surface area contributed by atoms with Crippen LogP contribution in [0, 0.1) is 11.8 Å². The number of thiophene rings is 2. The number of nitrogens with zero attached hydrogens (tertiary/aromatic N) is 2. The smallest absolute Gasteiger partial charge is 0.254 e. The van der Waals surface area contributed by atoms with E-state index in [-0.39, 0.29) is 17.4 Å². The quantitative estimate of drug-likeness (QED) is 0.314. The van der Waals surface area contributed by atoms with Crippen LogP contribution >= 0.6 is 34.4 Å². The highest BCUT2D eigenvalue weighted by atomic mass is 32.2. The maximum atomic E-state index is 13.1. The van der Waals surface area contributed by atoms with Crippen LogP contribution < -0.4 is 0 Å². The van der Waals surface area contributed by atoms with Crippen molar-refractivity contribution < 1.29 is 18.0 Å². The Balaban J connectivity index is 0.000000152. The van der Waals surface area contributed by atoms with Gasteiger partial charge in [0.05, 0.1) is 22.6 Å². The Kier molecular flexibility index (Phi) is 11.6. The Morgan fingerprint density at radius 2 is 1.02 bits per heavy atom. The van der Waals surface area contributed by atoms with Crippen molar-refractivity contribution in [3.8, 4) is 0 Å². The Hall–Kier alpha value is -1.36. The van der Waals surface area contributed by atoms with Crippen LogP contribution in [0.3, 0.4) is 0 Å². The molecular formula is C38H54N2O4S4. The second-order valence-electron chi connectivity index (χ2n) is 15.3. The van der Waals surface area contributed by atoms with E-state index in [4.69, 9.17) is 0 Å². The molecule has 8 rings (SSSR count). The molecule has 6 fully saturated rings.